The molecule has 2 N–H and O–H groups in total. The molecule has 7 nitrogen and oxygen atoms in total. The van der Waals surface area contributed by atoms with Gasteiger partial charge in [0.15, 0.2) is 0 Å². The monoisotopic (exact) mass is 397 g/mol. The Hall–Kier alpha value is -2.39. The van der Waals surface area contributed by atoms with E-state index in [1.54, 1.807) is 12.4 Å². The molecule has 0 atom stereocenters. The van der Waals surface area contributed by atoms with E-state index in [4.69, 9.17) is 5.73 Å². The molecule has 2 rings (SSSR count). The van der Waals surface area contributed by atoms with Crippen molar-refractivity contribution in [2.75, 3.05) is 34.0 Å². The maximum absolute atomic E-state index is 11.4. The van der Waals surface area contributed by atoms with E-state index in [0.717, 1.165) is 9.75 Å². The maximum Gasteiger partial charge on any atom is 0.350 e. The van der Waals surface area contributed by atoms with Gasteiger partial charge in [-0.1, -0.05) is 0 Å². The van der Waals surface area contributed by atoms with E-state index in [2.05, 4.69) is 14.5 Å². The van der Waals surface area contributed by atoms with Crippen molar-refractivity contribution in [1.29, 1.82) is 0 Å². The molecule has 0 bridgehead atoms. The molecular weight excluding hydrogens is 374 g/mol. The van der Waals surface area contributed by atoms with Gasteiger partial charge in [-0.2, -0.15) is 0 Å². The van der Waals surface area contributed by atoms with Crippen LogP contribution in [0.5, 0.6) is 0 Å². The number of nitrogen functional groups attached to an aromatic ring is 1. The number of aryl methyl sites for hydroxylation is 2. The van der Waals surface area contributed by atoms with E-state index in [1.165, 1.54) is 36.9 Å². The van der Waals surface area contributed by atoms with Crippen LogP contribution in [0.2, 0.25) is 0 Å². The minimum Gasteiger partial charge on any atom is -0.465 e. The Morgan fingerprint density at radius 3 is 2.00 bits per heavy atom. The average Bonchev–Trinajstić information content (AvgIpc) is 3.13. The van der Waals surface area contributed by atoms with Crippen LogP contribution < -0.4 is 5.73 Å². The number of nitrogens with zero attached hydrogens (tertiary/aromatic N) is 2. The second kappa shape index (κ2) is 9.93. The molecule has 0 aliphatic carbocycles. The molecule has 0 amide bonds. The third kappa shape index (κ3) is 6.16. The zero-order valence-corrected chi connectivity index (χ0v) is 17.3. The summed E-state index contributed by atoms with van der Waals surface area (Å²) >= 11 is 2.74. The fraction of sp³-hybridized carbons (Fsp3) is 0.353. The van der Waals surface area contributed by atoms with Crippen molar-refractivity contribution in [3.63, 3.8) is 0 Å². The zero-order chi connectivity index (χ0) is 19.9. The standard InChI is InChI=1S/C10H14N2O2S.C7H9NO2S/c1-7-5-8(11-6-12(2)3)9(15-7)10(13)14-4;1-4-3-5(8)6(11-4)7(9)10-2/h5-6H,1-4H3;3H,8H2,1-2H3. The number of hydrogen-bond donors (Lipinski definition) is 1. The van der Waals surface area contributed by atoms with Crippen molar-refractivity contribution >= 4 is 52.3 Å². The molecule has 0 aliphatic rings. The molecule has 0 radical (unpaired) electrons. The van der Waals surface area contributed by atoms with Crippen LogP contribution in [-0.2, 0) is 9.47 Å². The second-order valence-corrected chi connectivity index (χ2v) is 7.92. The van der Waals surface area contributed by atoms with Gasteiger partial charge < -0.3 is 20.1 Å². The van der Waals surface area contributed by atoms with Crippen LogP contribution in [0.15, 0.2) is 17.1 Å². The van der Waals surface area contributed by atoms with Gasteiger partial charge >= 0.3 is 11.9 Å². The summed E-state index contributed by atoms with van der Waals surface area (Å²) in [5.41, 5.74) is 6.69. The summed E-state index contributed by atoms with van der Waals surface area (Å²) in [6.45, 7) is 3.83. The van der Waals surface area contributed by atoms with Crippen LogP contribution in [0.25, 0.3) is 0 Å². The summed E-state index contributed by atoms with van der Waals surface area (Å²) in [6.07, 6.45) is 1.66. The molecule has 0 spiro atoms. The van der Waals surface area contributed by atoms with Crippen molar-refractivity contribution in [1.82, 2.24) is 4.90 Å². The lowest BCUT2D eigenvalue weighted by atomic mass is 10.3. The summed E-state index contributed by atoms with van der Waals surface area (Å²) in [4.78, 5) is 31.5. The van der Waals surface area contributed by atoms with Crippen molar-refractivity contribution in [3.05, 3.63) is 31.6 Å². The molecule has 2 aromatic rings. The predicted octanol–water partition coefficient (Wildman–Crippen LogP) is 3.49. The number of methoxy groups -OCH3 is 2. The fourth-order valence-corrected chi connectivity index (χ4v) is 3.53. The molecular formula is C17H23N3O4S2. The van der Waals surface area contributed by atoms with Gasteiger partial charge in [-0.25, -0.2) is 14.6 Å². The minimum absolute atomic E-state index is 0.334. The van der Waals surface area contributed by atoms with Crippen LogP contribution in [0.3, 0.4) is 0 Å². The van der Waals surface area contributed by atoms with E-state index < -0.39 is 0 Å². The number of carbonyl (C=O) groups is 2. The molecule has 2 aromatic heterocycles. The number of rotatable bonds is 4. The number of esters is 2. The van der Waals surface area contributed by atoms with Crippen molar-refractivity contribution in [2.24, 2.45) is 4.99 Å². The van der Waals surface area contributed by atoms with Gasteiger partial charge in [0.25, 0.3) is 0 Å². The van der Waals surface area contributed by atoms with Gasteiger partial charge in [-0.15, -0.1) is 22.7 Å². The van der Waals surface area contributed by atoms with Gasteiger partial charge in [0.05, 0.1) is 31.9 Å². The SMILES string of the molecule is COC(=O)c1sc(C)cc1N.COC(=O)c1sc(C)cc1N=CN(C)C. The third-order valence-corrected chi connectivity index (χ3v) is 4.96. The lowest BCUT2D eigenvalue weighted by Crippen LogP contribution is -2.07. The normalized spacial score (nSPS) is 10.2. The molecule has 2 heterocycles. The first kappa shape index (κ1) is 21.7. The van der Waals surface area contributed by atoms with E-state index in [9.17, 15) is 9.59 Å². The molecule has 0 aromatic carbocycles. The molecule has 0 unspecified atom stereocenters. The Balaban J connectivity index is 0.000000273. The number of hydrogen-bond acceptors (Lipinski definition) is 8. The zero-order valence-electron chi connectivity index (χ0n) is 15.7. The van der Waals surface area contributed by atoms with E-state index in [-0.39, 0.29) is 11.9 Å². The summed E-state index contributed by atoms with van der Waals surface area (Å²) in [5.74, 6) is -0.695. The Kier molecular flexibility index (Phi) is 8.27. The molecule has 9 heteroatoms. The van der Waals surface area contributed by atoms with Crippen LogP contribution in [0.1, 0.15) is 29.1 Å². The highest BCUT2D eigenvalue weighted by atomic mass is 32.1. The van der Waals surface area contributed by atoms with Crippen LogP contribution >= 0.6 is 22.7 Å². The quantitative estimate of drug-likeness (QED) is 0.482. The van der Waals surface area contributed by atoms with E-state index in [1.807, 2.05) is 38.9 Å². The first-order valence-electron chi connectivity index (χ1n) is 7.53. The highest BCUT2D eigenvalue weighted by Crippen LogP contribution is 2.29. The highest BCUT2D eigenvalue weighted by molar-refractivity contribution is 7.14. The van der Waals surface area contributed by atoms with Crippen molar-refractivity contribution in [2.45, 2.75) is 13.8 Å². The Morgan fingerprint density at radius 1 is 1.04 bits per heavy atom. The molecule has 26 heavy (non-hydrogen) atoms. The highest BCUT2D eigenvalue weighted by Gasteiger charge is 2.14. The molecule has 0 aliphatic heterocycles. The molecule has 0 fully saturated rings. The van der Waals surface area contributed by atoms with Crippen LogP contribution in [0.4, 0.5) is 11.4 Å². The number of thiophene rings is 2. The lowest BCUT2D eigenvalue weighted by Gasteiger charge is -2.02. The minimum atomic E-state index is -0.361. The second-order valence-electron chi connectivity index (χ2n) is 5.40. The average molecular weight is 398 g/mol. The lowest BCUT2D eigenvalue weighted by molar-refractivity contribution is 0.0598. The predicted molar refractivity (Wildman–Crippen MR) is 107 cm³/mol. The summed E-state index contributed by atoms with van der Waals surface area (Å²) in [7, 11) is 6.47. The maximum atomic E-state index is 11.4. The summed E-state index contributed by atoms with van der Waals surface area (Å²) < 4.78 is 9.20. The van der Waals surface area contributed by atoms with Gasteiger partial charge in [0, 0.05) is 23.8 Å². The first-order valence-corrected chi connectivity index (χ1v) is 9.16. The largest absolute Gasteiger partial charge is 0.465 e. The van der Waals surface area contributed by atoms with E-state index in [0.29, 0.717) is 21.1 Å². The topological polar surface area (TPSA) is 94.2 Å². The van der Waals surface area contributed by atoms with Gasteiger partial charge in [0.2, 0.25) is 0 Å². The van der Waals surface area contributed by atoms with Gasteiger partial charge in [0.1, 0.15) is 9.75 Å². The van der Waals surface area contributed by atoms with Crippen molar-refractivity contribution < 1.29 is 19.1 Å². The smallest absolute Gasteiger partial charge is 0.350 e. The fourth-order valence-electron chi connectivity index (χ4n) is 1.80. The van der Waals surface area contributed by atoms with Gasteiger partial charge in [-0.3, -0.25) is 0 Å². The van der Waals surface area contributed by atoms with Gasteiger partial charge in [-0.05, 0) is 26.0 Å². The van der Waals surface area contributed by atoms with Crippen molar-refractivity contribution in [3.8, 4) is 0 Å². The number of carbonyl (C=O) groups excluding carboxylic acids is 2. The number of aliphatic imine (C=N–C) groups is 1. The van der Waals surface area contributed by atoms with Crippen LogP contribution in [-0.4, -0.2) is 51.5 Å². The number of ether oxygens (including phenoxy) is 2. The summed E-state index contributed by atoms with van der Waals surface area (Å²) in [6, 6.07) is 3.63. The number of anilines is 1. The molecule has 0 saturated heterocycles. The first-order chi connectivity index (χ1) is 12.2. The Morgan fingerprint density at radius 2 is 1.54 bits per heavy atom. The summed E-state index contributed by atoms with van der Waals surface area (Å²) in [5, 5.41) is 0. The Labute approximate surface area is 161 Å². The van der Waals surface area contributed by atoms with E-state index >= 15 is 0 Å². The number of nitrogens with two attached hydrogens (primary N) is 1. The molecule has 0 saturated carbocycles. The Bertz CT molecular complexity index is 794. The van der Waals surface area contributed by atoms with Crippen LogP contribution in [0, 0.1) is 13.8 Å². The molecule has 142 valence electrons. The third-order valence-electron chi connectivity index (χ3n) is 2.89.